The van der Waals surface area contributed by atoms with Crippen molar-refractivity contribution in [3.8, 4) is 68.2 Å². The van der Waals surface area contributed by atoms with Crippen molar-refractivity contribution in [3.63, 3.8) is 0 Å². The Morgan fingerprint density at radius 1 is 0.194 bits per heavy atom. The van der Waals surface area contributed by atoms with Gasteiger partial charge in [0.1, 0.15) is 52.9 Å². The second-order valence-electron chi connectivity index (χ2n) is 22.1. The molecule has 0 radical (unpaired) electrons. The summed E-state index contributed by atoms with van der Waals surface area (Å²) in [6, 6.07) is 104. The van der Waals surface area contributed by atoms with Gasteiger partial charge in [-0.2, -0.15) is 0 Å². The first kappa shape index (κ1) is 71.4. The van der Waals surface area contributed by atoms with Gasteiger partial charge in [0.25, 0.3) is 0 Å². The molecule has 500 valence electrons. The average molecular weight is 2170 g/mol. The van der Waals surface area contributed by atoms with Crippen LogP contribution in [0.3, 0.4) is 0 Å². The van der Waals surface area contributed by atoms with Crippen LogP contribution in [0.1, 0.15) is 0 Å². The van der Waals surface area contributed by atoms with Crippen molar-refractivity contribution in [2.45, 2.75) is 0 Å². The molecule has 4 aliphatic heterocycles. The zero-order valence-corrected chi connectivity index (χ0v) is 69.9. The molecular formula is C80H66I4Ir2O8P4. The van der Waals surface area contributed by atoms with Crippen LogP contribution in [0, 0.1) is 0 Å². The van der Waals surface area contributed by atoms with Crippen LogP contribution in [0.4, 0.5) is 0 Å². The van der Waals surface area contributed by atoms with Gasteiger partial charge in [0, 0.05) is 22.3 Å². The molecule has 0 saturated heterocycles. The van der Waals surface area contributed by atoms with Crippen LogP contribution >= 0.6 is 110 Å². The molecule has 16 rings (SSSR count). The summed E-state index contributed by atoms with van der Waals surface area (Å²) in [4.78, 5) is 0. The Morgan fingerprint density at radius 2 is 0.337 bits per heavy atom. The zero-order valence-electron chi connectivity index (χ0n) is 52.6. The van der Waals surface area contributed by atoms with Crippen molar-refractivity contribution in [2.75, 3.05) is 52.9 Å². The summed E-state index contributed by atoms with van der Waals surface area (Å²) >= 11 is 9.66. The van der Waals surface area contributed by atoms with Crippen molar-refractivity contribution >= 4 is 174 Å². The molecule has 0 aliphatic carbocycles. The molecule has 0 bridgehead atoms. The minimum atomic E-state index is -0.984. The largest absolute Gasteiger partial charge is 0.486 e. The van der Waals surface area contributed by atoms with E-state index < -0.39 is 31.7 Å². The third-order valence-corrected chi connectivity index (χ3v) is 26.3. The smallest absolute Gasteiger partial charge is 0.169 e. The molecule has 12 aromatic rings. The average Bonchev–Trinajstić information content (AvgIpc) is 0.740. The van der Waals surface area contributed by atoms with Gasteiger partial charge in [-0.3, -0.25) is 0 Å². The number of rotatable bonds is 14. The van der Waals surface area contributed by atoms with Crippen LogP contribution in [0.5, 0.6) is 46.0 Å². The predicted molar refractivity (Wildman–Crippen MR) is 441 cm³/mol. The van der Waals surface area contributed by atoms with Crippen LogP contribution in [0.2, 0.25) is 0 Å². The minimum Gasteiger partial charge on any atom is -0.486 e. The van der Waals surface area contributed by atoms with Gasteiger partial charge in [-0.25, -0.2) is 0 Å². The van der Waals surface area contributed by atoms with Gasteiger partial charge < -0.3 is 37.9 Å². The maximum Gasteiger partial charge on any atom is 0.169 e. The SMILES string of the molecule is [I][IrH][I].[I][IrH][I].c1ccc(P(c2ccccc2)c2ccc3c(c2-c2c(P(c4ccccc4)c4ccccc4)ccc4c2OCCO4)OCCO3)cc1.c1ccc(P(c2ccccc2)c2ccc3c(c2-c2c(P(c4ccccc4)c4ccccc4)ccc4c2OCCO4)OCCO3)cc1. The number of halogens is 4. The summed E-state index contributed by atoms with van der Waals surface area (Å²) in [7, 11) is -3.22. The maximum atomic E-state index is 6.60. The minimum absolute atomic E-state index is 0.357. The van der Waals surface area contributed by atoms with E-state index in [4.69, 9.17) is 37.9 Å². The van der Waals surface area contributed by atoms with E-state index in [2.05, 4.69) is 370 Å². The Labute approximate surface area is 637 Å². The summed E-state index contributed by atoms with van der Waals surface area (Å²) < 4.78 is 51.5. The summed E-state index contributed by atoms with van der Waals surface area (Å²) in [6.07, 6.45) is 0. The first-order valence-corrected chi connectivity index (χ1v) is 65.8. The third-order valence-electron chi connectivity index (χ3n) is 16.3. The molecular weight excluding hydrogens is 2100 g/mol. The Bertz CT molecular complexity index is 3820. The van der Waals surface area contributed by atoms with Gasteiger partial charge in [-0.05, 0) is 144 Å². The van der Waals surface area contributed by atoms with Crippen LogP contribution in [0.25, 0.3) is 22.3 Å². The van der Waals surface area contributed by atoms with Gasteiger partial charge in [0.15, 0.2) is 46.0 Å². The van der Waals surface area contributed by atoms with E-state index in [0.29, 0.717) is 73.9 Å². The van der Waals surface area contributed by atoms with E-state index >= 15 is 0 Å². The first-order chi connectivity index (χ1) is 48.6. The molecule has 4 aliphatic rings. The Morgan fingerprint density at radius 3 is 0.490 bits per heavy atom. The second-order valence-corrected chi connectivity index (χ2v) is 67.9. The zero-order chi connectivity index (χ0) is 66.8. The summed E-state index contributed by atoms with van der Waals surface area (Å²) in [5.41, 5.74) is 4.08. The molecule has 4 heterocycles. The molecule has 0 aromatic heterocycles. The molecule has 12 aromatic carbocycles. The predicted octanol–water partition coefficient (Wildman–Crippen LogP) is 15.8. The maximum absolute atomic E-state index is 6.60. The van der Waals surface area contributed by atoms with Crippen molar-refractivity contribution < 1.29 is 59.0 Å². The van der Waals surface area contributed by atoms with Gasteiger partial charge in [0.2, 0.25) is 0 Å². The second kappa shape index (κ2) is 36.2. The topological polar surface area (TPSA) is 73.8 Å². The molecule has 18 heteroatoms. The fraction of sp³-hybridized carbons (Fsp3) is 0.100. The van der Waals surface area contributed by atoms with Gasteiger partial charge in [-0.15, -0.1) is 0 Å². The van der Waals surface area contributed by atoms with Crippen molar-refractivity contribution in [3.05, 3.63) is 291 Å². The van der Waals surface area contributed by atoms with Gasteiger partial charge in [-0.1, -0.05) is 243 Å². The molecule has 0 amide bonds. The summed E-state index contributed by atoms with van der Waals surface area (Å²) in [5.74, 6) is 6.09. The number of hydrogen-bond acceptors (Lipinski definition) is 8. The standard InChI is InChI=1S/2C40H32O4P2.4HI.2Ir.2H/c2*1-5-13-29(14-6-1)45(30-15-7-2-8-16-30)35-23-21-33-39(43-27-25-41-33)37(35)38-36(24-22-34-40(38)44-28-26-42-34)46(31-17-9-3-10-18-31)32-19-11-4-12-20-32;;;;;;;;/h2*1-24H,25-28H2;4*1H;;;;/q;;;;;;2*+2;;/p-4. The van der Waals surface area contributed by atoms with E-state index in [0.717, 1.165) is 68.2 Å². The van der Waals surface area contributed by atoms with Gasteiger partial charge >= 0.3 is 99.4 Å². The van der Waals surface area contributed by atoms with E-state index in [9.17, 15) is 0 Å². The summed E-state index contributed by atoms with van der Waals surface area (Å²) in [5, 5.41) is 14.9. The first-order valence-electron chi connectivity index (χ1n) is 31.6. The summed E-state index contributed by atoms with van der Waals surface area (Å²) in [6.45, 7) is 3.96. The van der Waals surface area contributed by atoms with Crippen molar-refractivity contribution in [1.82, 2.24) is 0 Å². The van der Waals surface area contributed by atoms with E-state index in [-0.39, 0.29) is 0 Å². The third kappa shape index (κ3) is 16.5. The van der Waals surface area contributed by atoms with E-state index in [1.807, 2.05) is 0 Å². The molecule has 0 atom stereocenters. The number of benzene rings is 12. The Balaban J connectivity index is 0.000000163. The van der Waals surface area contributed by atoms with Gasteiger partial charge in [0.05, 0.1) is 0 Å². The molecule has 0 fully saturated rings. The Hall–Kier alpha value is -5.02. The van der Waals surface area contributed by atoms with Crippen LogP contribution in [-0.4, -0.2) is 52.9 Å². The van der Waals surface area contributed by atoms with Crippen molar-refractivity contribution in [2.24, 2.45) is 0 Å². The van der Waals surface area contributed by atoms with Crippen LogP contribution < -0.4 is 102 Å². The normalized spacial score (nSPS) is 13.1. The number of ether oxygens (including phenoxy) is 8. The molecule has 0 saturated carbocycles. The van der Waals surface area contributed by atoms with Crippen LogP contribution in [-0.2, 0) is 21.1 Å². The van der Waals surface area contributed by atoms with E-state index in [1.165, 1.54) is 63.7 Å². The quantitative estimate of drug-likeness (QED) is 0.0788. The fourth-order valence-electron chi connectivity index (χ4n) is 12.5. The van der Waals surface area contributed by atoms with E-state index in [1.54, 1.807) is 0 Å². The molecule has 8 nitrogen and oxygen atoms in total. The monoisotopic (exact) mass is 2170 g/mol. The Kier molecular flexibility index (Phi) is 26.4. The molecule has 0 N–H and O–H groups in total. The molecule has 0 unspecified atom stereocenters. The van der Waals surface area contributed by atoms with Crippen LogP contribution in [0.15, 0.2) is 291 Å². The number of fused-ring (bicyclic) bond motifs is 4. The van der Waals surface area contributed by atoms with Crippen molar-refractivity contribution in [1.29, 1.82) is 0 Å². The fourth-order valence-corrected chi connectivity index (χ4v) is 22.3. The molecule has 0 spiro atoms. The molecule has 98 heavy (non-hydrogen) atoms. The number of hydrogen-bond donors (Lipinski definition) is 0.